The summed E-state index contributed by atoms with van der Waals surface area (Å²) in [6, 6.07) is 0.216. The summed E-state index contributed by atoms with van der Waals surface area (Å²) in [5, 5.41) is 12.7. The Hall–Kier alpha value is -0.120. The van der Waals surface area contributed by atoms with E-state index in [-0.39, 0.29) is 18.2 Å². The van der Waals surface area contributed by atoms with Crippen LogP contribution >= 0.6 is 0 Å². The summed E-state index contributed by atoms with van der Waals surface area (Å²) in [6.45, 7) is 0. The monoisotopic (exact) mass is 159 g/mol. The van der Waals surface area contributed by atoms with Crippen LogP contribution in [0.5, 0.6) is 0 Å². The van der Waals surface area contributed by atoms with Gasteiger partial charge in [0, 0.05) is 13.2 Å². The predicted octanol–water partition coefficient (Wildman–Crippen LogP) is 0.134. The summed E-state index contributed by atoms with van der Waals surface area (Å²) in [7, 11) is 3.54. The predicted molar refractivity (Wildman–Crippen MR) is 43.5 cm³/mol. The molecule has 0 aromatic carbocycles. The van der Waals surface area contributed by atoms with E-state index >= 15 is 0 Å². The van der Waals surface area contributed by atoms with Crippen LogP contribution in [-0.4, -0.2) is 37.5 Å². The lowest BCUT2D eigenvalue weighted by Crippen LogP contribution is -2.48. The van der Waals surface area contributed by atoms with Crippen LogP contribution in [0, 0.1) is 0 Å². The molecule has 2 N–H and O–H groups in total. The first-order valence-electron chi connectivity index (χ1n) is 4.17. The van der Waals surface area contributed by atoms with Gasteiger partial charge in [-0.05, 0) is 26.3 Å². The Morgan fingerprint density at radius 3 is 2.73 bits per heavy atom. The van der Waals surface area contributed by atoms with Crippen LogP contribution in [0.3, 0.4) is 0 Å². The number of aliphatic hydroxyl groups excluding tert-OH is 1. The van der Waals surface area contributed by atoms with E-state index in [1.165, 1.54) is 0 Å². The highest BCUT2D eigenvalue weighted by molar-refractivity contribution is 4.86. The van der Waals surface area contributed by atoms with Gasteiger partial charge in [0.15, 0.2) is 0 Å². The van der Waals surface area contributed by atoms with Crippen molar-refractivity contribution in [2.24, 2.45) is 0 Å². The molecule has 0 spiro atoms. The second-order valence-electron chi connectivity index (χ2n) is 3.09. The molecule has 3 atom stereocenters. The second kappa shape index (κ2) is 4.04. The summed E-state index contributed by atoms with van der Waals surface area (Å²) >= 11 is 0. The van der Waals surface area contributed by atoms with E-state index in [1.54, 1.807) is 7.11 Å². The molecule has 66 valence electrons. The van der Waals surface area contributed by atoms with Gasteiger partial charge in [-0.2, -0.15) is 0 Å². The van der Waals surface area contributed by atoms with Gasteiger partial charge >= 0.3 is 0 Å². The van der Waals surface area contributed by atoms with Crippen molar-refractivity contribution in [3.8, 4) is 0 Å². The highest BCUT2D eigenvalue weighted by Crippen LogP contribution is 2.20. The van der Waals surface area contributed by atoms with Gasteiger partial charge in [0.05, 0.1) is 12.2 Å². The summed E-state index contributed by atoms with van der Waals surface area (Å²) in [5.41, 5.74) is 0. The van der Waals surface area contributed by atoms with E-state index in [1.807, 2.05) is 7.05 Å². The molecule has 1 aliphatic carbocycles. The van der Waals surface area contributed by atoms with Crippen molar-refractivity contribution in [3.05, 3.63) is 0 Å². The van der Waals surface area contributed by atoms with Gasteiger partial charge in [0.2, 0.25) is 0 Å². The third kappa shape index (κ3) is 1.92. The fourth-order valence-corrected chi connectivity index (χ4v) is 1.71. The quantitative estimate of drug-likeness (QED) is 0.602. The molecule has 11 heavy (non-hydrogen) atoms. The maximum atomic E-state index is 9.64. The molecule has 0 amide bonds. The fraction of sp³-hybridized carbons (Fsp3) is 1.00. The molecular formula is C8H17NO2. The van der Waals surface area contributed by atoms with Gasteiger partial charge < -0.3 is 15.2 Å². The van der Waals surface area contributed by atoms with E-state index < -0.39 is 0 Å². The zero-order valence-corrected chi connectivity index (χ0v) is 7.21. The number of rotatable bonds is 2. The molecule has 0 unspecified atom stereocenters. The van der Waals surface area contributed by atoms with Crippen molar-refractivity contribution < 1.29 is 9.84 Å². The minimum Gasteiger partial charge on any atom is -0.389 e. The Morgan fingerprint density at radius 1 is 1.45 bits per heavy atom. The molecule has 1 fully saturated rings. The molecule has 3 heteroatoms. The zero-order chi connectivity index (χ0) is 8.27. The Labute approximate surface area is 67.7 Å². The molecule has 1 aliphatic rings. The van der Waals surface area contributed by atoms with E-state index in [2.05, 4.69) is 5.32 Å². The van der Waals surface area contributed by atoms with E-state index in [9.17, 15) is 5.11 Å². The molecule has 3 nitrogen and oxygen atoms in total. The third-order valence-corrected chi connectivity index (χ3v) is 2.47. The number of aliphatic hydroxyl groups is 1. The van der Waals surface area contributed by atoms with Crippen molar-refractivity contribution >= 4 is 0 Å². The standard InChI is InChI=1S/C8H17NO2/c1-9-6-4-3-5-7(11-2)8(6)10/h6-10H,3-5H2,1-2H3/t6-,7-,8-/m1/s1. The van der Waals surface area contributed by atoms with Crippen molar-refractivity contribution in [1.29, 1.82) is 0 Å². The average Bonchev–Trinajstić information content (AvgIpc) is 2.05. The lowest BCUT2D eigenvalue weighted by molar-refractivity contribution is -0.0515. The maximum absolute atomic E-state index is 9.64. The van der Waals surface area contributed by atoms with Crippen LogP contribution in [0.2, 0.25) is 0 Å². The van der Waals surface area contributed by atoms with Crippen LogP contribution in [0.15, 0.2) is 0 Å². The first-order valence-corrected chi connectivity index (χ1v) is 4.17. The molecule has 0 bridgehead atoms. The number of nitrogens with one attached hydrogen (secondary N) is 1. The highest BCUT2D eigenvalue weighted by Gasteiger charge is 2.30. The Balaban J connectivity index is 2.45. The minimum absolute atomic E-state index is 0.0289. The van der Waals surface area contributed by atoms with Crippen molar-refractivity contribution in [1.82, 2.24) is 5.32 Å². The van der Waals surface area contributed by atoms with Gasteiger partial charge in [0.1, 0.15) is 0 Å². The second-order valence-corrected chi connectivity index (χ2v) is 3.09. The molecule has 0 heterocycles. The fourth-order valence-electron chi connectivity index (χ4n) is 1.71. The third-order valence-electron chi connectivity index (χ3n) is 2.47. The topological polar surface area (TPSA) is 41.5 Å². The van der Waals surface area contributed by atoms with E-state index in [0.29, 0.717) is 0 Å². The average molecular weight is 159 g/mol. The molecule has 0 aliphatic heterocycles. The van der Waals surface area contributed by atoms with E-state index in [0.717, 1.165) is 19.3 Å². The zero-order valence-electron chi connectivity index (χ0n) is 7.21. The SMILES string of the molecule is CN[C@@H]1CCC[C@@H](OC)[C@@H]1O. The number of methoxy groups -OCH3 is 1. The summed E-state index contributed by atoms with van der Waals surface area (Å²) in [5.74, 6) is 0. The van der Waals surface area contributed by atoms with Gasteiger partial charge in [-0.3, -0.25) is 0 Å². The Bertz CT molecular complexity index is 107. The summed E-state index contributed by atoms with van der Waals surface area (Å²) < 4.78 is 5.15. The minimum atomic E-state index is -0.334. The molecule has 1 rings (SSSR count). The van der Waals surface area contributed by atoms with Gasteiger partial charge in [-0.15, -0.1) is 0 Å². The summed E-state index contributed by atoms with van der Waals surface area (Å²) in [6.07, 6.45) is 2.87. The number of likely N-dealkylation sites (N-methyl/N-ethyl adjacent to an activating group) is 1. The van der Waals surface area contributed by atoms with Crippen LogP contribution < -0.4 is 5.32 Å². The van der Waals surface area contributed by atoms with E-state index in [4.69, 9.17) is 4.74 Å². The molecule has 0 radical (unpaired) electrons. The van der Waals surface area contributed by atoms with Crippen molar-refractivity contribution in [2.75, 3.05) is 14.2 Å². The summed E-state index contributed by atoms with van der Waals surface area (Å²) in [4.78, 5) is 0. The van der Waals surface area contributed by atoms with Gasteiger partial charge in [-0.1, -0.05) is 0 Å². The normalized spacial score (nSPS) is 39.0. The first kappa shape index (κ1) is 8.97. The number of hydrogen-bond acceptors (Lipinski definition) is 3. The first-order chi connectivity index (χ1) is 5.29. The number of ether oxygens (including phenoxy) is 1. The lowest BCUT2D eigenvalue weighted by atomic mass is 9.90. The maximum Gasteiger partial charge on any atom is 0.0954 e. The lowest BCUT2D eigenvalue weighted by Gasteiger charge is -2.33. The molecule has 0 aromatic heterocycles. The molecular weight excluding hydrogens is 142 g/mol. The molecule has 0 saturated heterocycles. The molecule has 1 saturated carbocycles. The number of hydrogen-bond donors (Lipinski definition) is 2. The highest BCUT2D eigenvalue weighted by atomic mass is 16.5. The smallest absolute Gasteiger partial charge is 0.0954 e. The Morgan fingerprint density at radius 2 is 2.18 bits per heavy atom. The largest absolute Gasteiger partial charge is 0.389 e. The van der Waals surface area contributed by atoms with Crippen LogP contribution in [-0.2, 0) is 4.74 Å². The van der Waals surface area contributed by atoms with Crippen molar-refractivity contribution in [2.45, 2.75) is 37.5 Å². The van der Waals surface area contributed by atoms with Gasteiger partial charge in [0.25, 0.3) is 0 Å². The van der Waals surface area contributed by atoms with Crippen LogP contribution in [0.4, 0.5) is 0 Å². The molecule has 0 aromatic rings. The van der Waals surface area contributed by atoms with Crippen molar-refractivity contribution in [3.63, 3.8) is 0 Å². The van der Waals surface area contributed by atoms with Gasteiger partial charge in [-0.25, -0.2) is 0 Å². The van der Waals surface area contributed by atoms with Crippen LogP contribution in [0.25, 0.3) is 0 Å². The van der Waals surface area contributed by atoms with Crippen LogP contribution in [0.1, 0.15) is 19.3 Å². The Kier molecular flexibility index (Phi) is 3.30.